The highest BCUT2D eigenvalue weighted by Gasteiger charge is 2.27. The molecule has 19 heavy (non-hydrogen) atoms. The van der Waals surface area contributed by atoms with Gasteiger partial charge < -0.3 is 15.4 Å². The summed E-state index contributed by atoms with van der Waals surface area (Å²) in [4.78, 5) is 15.4. The summed E-state index contributed by atoms with van der Waals surface area (Å²) in [5, 5.41) is 0. The average molecular weight is 280 g/mol. The number of hydrogen-bond donors (Lipinski definition) is 1. The largest absolute Gasteiger partial charge is 0.373 e. The van der Waals surface area contributed by atoms with Crippen molar-refractivity contribution in [3.8, 4) is 0 Å². The van der Waals surface area contributed by atoms with E-state index < -0.39 is 0 Å². The molecule has 0 spiro atoms. The average Bonchev–Trinajstić information content (AvgIpc) is 2.46. The number of ether oxygens (including phenoxy) is 1. The second-order valence-corrected chi connectivity index (χ2v) is 5.57. The van der Waals surface area contributed by atoms with Gasteiger partial charge in [0.1, 0.15) is 0 Å². The zero-order chi connectivity index (χ0) is 13.8. The molecule has 1 amide bonds. The number of benzene rings is 1. The monoisotopic (exact) mass is 280 g/mol. The van der Waals surface area contributed by atoms with E-state index in [1.54, 1.807) is 11.8 Å². The first-order valence-electron chi connectivity index (χ1n) is 6.43. The first-order chi connectivity index (χ1) is 9.13. The second kappa shape index (κ2) is 6.41. The summed E-state index contributed by atoms with van der Waals surface area (Å²) in [6.45, 7) is 3.66. The summed E-state index contributed by atoms with van der Waals surface area (Å²) in [6, 6.07) is 7.64. The SMILES string of the molecule is CSc1ccccc1C(=O)N1CCOC(C(C)N)C1. The predicted molar refractivity (Wildman–Crippen MR) is 77.5 cm³/mol. The van der Waals surface area contributed by atoms with Gasteiger partial charge in [-0.05, 0) is 25.3 Å². The Kier molecular flexibility index (Phi) is 4.85. The molecule has 1 fully saturated rings. The summed E-state index contributed by atoms with van der Waals surface area (Å²) in [5.41, 5.74) is 6.62. The number of rotatable bonds is 3. The molecule has 5 heteroatoms. The van der Waals surface area contributed by atoms with E-state index in [9.17, 15) is 4.79 Å². The van der Waals surface area contributed by atoms with Gasteiger partial charge in [0.15, 0.2) is 0 Å². The number of carbonyl (C=O) groups is 1. The topological polar surface area (TPSA) is 55.6 Å². The van der Waals surface area contributed by atoms with E-state index in [1.807, 2.05) is 42.3 Å². The van der Waals surface area contributed by atoms with Gasteiger partial charge in [-0.3, -0.25) is 4.79 Å². The Labute approximate surface area is 118 Å². The van der Waals surface area contributed by atoms with Gasteiger partial charge in [-0.15, -0.1) is 11.8 Å². The highest BCUT2D eigenvalue weighted by Crippen LogP contribution is 2.22. The molecule has 1 aliphatic heterocycles. The number of hydrogen-bond acceptors (Lipinski definition) is 4. The molecule has 2 rings (SSSR count). The lowest BCUT2D eigenvalue weighted by Gasteiger charge is -2.35. The van der Waals surface area contributed by atoms with Gasteiger partial charge in [-0.1, -0.05) is 12.1 Å². The van der Waals surface area contributed by atoms with E-state index in [0.717, 1.165) is 10.5 Å². The molecular weight excluding hydrogens is 260 g/mol. The lowest BCUT2D eigenvalue weighted by molar-refractivity contribution is -0.0301. The summed E-state index contributed by atoms with van der Waals surface area (Å²) in [5.74, 6) is 0.0684. The fourth-order valence-electron chi connectivity index (χ4n) is 2.17. The van der Waals surface area contributed by atoms with Crippen molar-refractivity contribution in [1.82, 2.24) is 4.90 Å². The Bertz CT molecular complexity index is 451. The Hall–Kier alpha value is -1.04. The van der Waals surface area contributed by atoms with Crippen molar-refractivity contribution in [2.75, 3.05) is 26.0 Å². The summed E-state index contributed by atoms with van der Waals surface area (Å²) in [6.07, 6.45) is 1.91. The van der Waals surface area contributed by atoms with Gasteiger partial charge in [0.2, 0.25) is 0 Å². The van der Waals surface area contributed by atoms with Crippen LogP contribution in [0, 0.1) is 0 Å². The molecule has 2 atom stereocenters. The van der Waals surface area contributed by atoms with E-state index in [2.05, 4.69) is 0 Å². The molecule has 1 aliphatic rings. The summed E-state index contributed by atoms with van der Waals surface area (Å²) >= 11 is 1.59. The number of carbonyl (C=O) groups excluding carboxylic acids is 1. The molecule has 0 aromatic heterocycles. The van der Waals surface area contributed by atoms with Crippen LogP contribution in [-0.4, -0.2) is 48.9 Å². The standard InChI is InChI=1S/C14H20N2O2S/c1-10(15)12-9-16(7-8-18-12)14(17)11-5-3-4-6-13(11)19-2/h3-6,10,12H,7-9,15H2,1-2H3. The van der Waals surface area contributed by atoms with Crippen molar-refractivity contribution in [1.29, 1.82) is 0 Å². The molecule has 0 bridgehead atoms. The lowest BCUT2D eigenvalue weighted by Crippen LogP contribution is -2.51. The van der Waals surface area contributed by atoms with E-state index in [0.29, 0.717) is 19.7 Å². The van der Waals surface area contributed by atoms with E-state index >= 15 is 0 Å². The van der Waals surface area contributed by atoms with Crippen molar-refractivity contribution in [2.45, 2.75) is 24.0 Å². The highest BCUT2D eigenvalue weighted by atomic mass is 32.2. The van der Waals surface area contributed by atoms with Crippen molar-refractivity contribution in [2.24, 2.45) is 5.73 Å². The highest BCUT2D eigenvalue weighted by molar-refractivity contribution is 7.98. The molecule has 1 saturated heterocycles. The van der Waals surface area contributed by atoms with E-state index in [-0.39, 0.29) is 18.1 Å². The van der Waals surface area contributed by atoms with Crippen molar-refractivity contribution < 1.29 is 9.53 Å². The number of amides is 1. The van der Waals surface area contributed by atoms with Crippen LogP contribution in [0.5, 0.6) is 0 Å². The third kappa shape index (κ3) is 3.29. The van der Waals surface area contributed by atoms with E-state index in [1.165, 1.54) is 0 Å². The third-order valence-electron chi connectivity index (χ3n) is 3.30. The summed E-state index contributed by atoms with van der Waals surface area (Å²) in [7, 11) is 0. The fraction of sp³-hybridized carbons (Fsp3) is 0.500. The zero-order valence-corrected chi connectivity index (χ0v) is 12.2. The number of nitrogens with zero attached hydrogens (tertiary/aromatic N) is 1. The minimum atomic E-state index is -0.0702. The van der Waals surface area contributed by atoms with Crippen LogP contribution < -0.4 is 5.73 Å². The van der Waals surface area contributed by atoms with Gasteiger partial charge in [-0.25, -0.2) is 0 Å². The molecular formula is C14H20N2O2S. The summed E-state index contributed by atoms with van der Waals surface area (Å²) < 4.78 is 5.59. The van der Waals surface area contributed by atoms with Crippen LogP contribution in [0.3, 0.4) is 0 Å². The van der Waals surface area contributed by atoms with Crippen LogP contribution in [0.4, 0.5) is 0 Å². The zero-order valence-electron chi connectivity index (χ0n) is 11.3. The maximum atomic E-state index is 12.6. The predicted octanol–water partition coefficient (Wildman–Crippen LogP) is 1.60. The molecule has 1 aromatic carbocycles. The molecule has 2 unspecified atom stereocenters. The number of thioether (sulfide) groups is 1. The maximum absolute atomic E-state index is 12.6. The van der Waals surface area contributed by atoms with Gasteiger partial charge >= 0.3 is 0 Å². The minimum Gasteiger partial charge on any atom is -0.373 e. The maximum Gasteiger partial charge on any atom is 0.255 e. The van der Waals surface area contributed by atoms with Gasteiger partial charge in [0.05, 0.1) is 18.3 Å². The van der Waals surface area contributed by atoms with Crippen molar-refractivity contribution in [3.63, 3.8) is 0 Å². The van der Waals surface area contributed by atoms with Crippen LogP contribution >= 0.6 is 11.8 Å². The van der Waals surface area contributed by atoms with Crippen LogP contribution in [0.2, 0.25) is 0 Å². The Morgan fingerprint density at radius 3 is 2.95 bits per heavy atom. The molecule has 0 radical (unpaired) electrons. The quantitative estimate of drug-likeness (QED) is 0.854. The number of morpholine rings is 1. The van der Waals surface area contributed by atoms with Gasteiger partial charge in [0.25, 0.3) is 5.91 Å². The Morgan fingerprint density at radius 2 is 2.26 bits per heavy atom. The normalized spacial score (nSPS) is 21.2. The first kappa shape index (κ1) is 14.4. The molecule has 104 valence electrons. The van der Waals surface area contributed by atoms with Crippen molar-refractivity contribution in [3.05, 3.63) is 29.8 Å². The lowest BCUT2D eigenvalue weighted by atomic mass is 10.1. The molecule has 2 N–H and O–H groups in total. The Balaban J connectivity index is 2.15. The van der Waals surface area contributed by atoms with E-state index in [4.69, 9.17) is 10.5 Å². The molecule has 1 aromatic rings. The third-order valence-corrected chi connectivity index (χ3v) is 4.10. The van der Waals surface area contributed by atoms with Crippen LogP contribution in [0.15, 0.2) is 29.2 Å². The fourth-order valence-corrected chi connectivity index (χ4v) is 2.76. The molecule has 1 heterocycles. The molecule has 0 saturated carbocycles. The molecule has 0 aliphatic carbocycles. The Morgan fingerprint density at radius 1 is 1.53 bits per heavy atom. The van der Waals surface area contributed by atoms with Crippen molar-refractivity contribution >= 4 is 17.7 Å². The minimum absolute atomic E-state index is 0.0635. The van der Waals surface area contributed by atoms with Gasteiger partial charge in [0, 0.05) is 24.0 Å². The number of nitrogens with two attached hydrogens (primary N) is 1. The first-order valence-corrected chi connectivity index (χ1v) is 7.65. The van der Waals surface area contributed by atoms with Crippen LogP contribution in [0.1, 0.15) is 17.3 Å². The van der Waals surface area contributed by atoms with Crippen LogP contribution in [0.25, 0.3) is 0 Å². The van der Waals surface area contributed by atoms with Crippen LogP contribution in [-0.2, 0) is 4.74 Å². The molecule has 4 nitrogen and oxygen atoms in total. The second-order valence-electron chi connectivity index (χ2n) is 4.72. The van der Waals surface area contributed by atoms with Gasteiger partial charge in [-0.2, -0.15) is 0 Å². The smallest absolute Gasteiger partial charge is 0.255 e.